The Morgan fingerprint density at radius 2 is 1.93 bits per heavy atom. The molecule has 0 bridgehead atoms. The molecule has 2 heterocycles. The normalized spacial score (nSPS) is 20.2. The van der Waals surface area contributed by atoms with Gasteiger partial charge >= 0.3 is 0 Å². The average Bonchev–Trinajstić information content (AvgIpc) is 3.34. The van der Waals surface area contributed by atoms with Crippen molar-refractivity contribution in [2.75, 3.05) is 24.4 Å². The van der Waals surface area contributed by atoms with Crippen LogP contribution in [0.25, 0.3) is 6.08 Å². The Labute approximate surface area is 181 Å². The number of anilines is 1. The van der Waals surface area contributed by atoms with Crippen LogP contribution in [0.15, 0.2) is 53.2 Å². The molecule has 30 heavy (non-hydrogen) atoms. The van der Waals surface area contributed by atoms with Crippen molar-refractivity contribution in [1.82, 2.24) is 0 Å². The molecule has 1 unspecified atom stereocenters. The Morgan fingerprint density at radius 1 is 1.20 bits per heavy atom. The van der Waals surface area contributed by atoms with Crippen molar-refractivity contribution in [2.45, 2.75) is 32.8 Å². The van der Waals surface area contributed by atoms with E-state index in [0.29, 0.717) is 10.9 Å². The number of carbonyl (C=O) groups excluding carboxylic acids is 1. The molecule has 0 spiro atoms. The molecule has 1 fully saturated rings. The lowest BCUT2D eigenvalue weighted by atomic mass is 10.1. The maximum Gasteiger partial charge on any atom is 0.283 e. The summed E-state index contributed by atoms with van der Waals surface area (Å²) in [4.78, 5) is 19.8. The monoisotopic (exact) mass is 422 g/mol. The lowest BCUT2D eigenvalue weighted by Crippen LogP contribution is -2.31. The summed E-state index contributed by atoms with van der Waals surface area (Å²) in [6.07, 6.45) is 4.21. The fourth-order valence-corrected chi connectivity index (χ4v) is 4.78. The third kappa shape index (κ3) is 4.60. The van der Waals surface area contributed by atoms with Gasteiger partial charge in [-0.25, -0.2) is 4.99 Å². The Bertz CT molecular complexity index is 972. The summed E-state index contributed by atoms with van der Waals surface area (Å²) in [7, 11) is 1.64. The van der Waals surface area contributed by atoms with E-state index in [1.165, 1.54) is 0 Å². The van der Waals surface area contributed by atoms with Crippen molar-refractivity contribution < 1.29 is 14.3 Å². The van der Waals surface area contributed by atoms with Crippen LogP contribution in [0.3, 0.4) is 0 Å². The molecular weight excluding hydrogens is 396 g/mol. The summed E-state index contributed by atoms with van der Waals surface area (Å²) >= 11 is 1.59. The van der Waals surface area contributed by atoms with E-state index in [1.807, 2.05) is 56.3 Å². The highest BCUT2D eigenvalue weighted by atomic mass is 32.2. The van der Waals surface area contributed by atoms with Crippen molar-refractivity contribution in [1.29, 1.82) is 0 Å². The number of carbonyl (C=O) groups is 1. The van der Waals surface area contributed by atoms with Gasteiger partial charge in [-0.05, 0) is 73.7 Å². The molecule has 0 saturated carbocycles. The van der Waals surface area contributed by atoms with Gasteiger partial charge in [-0.1, -0.05) is 30.0 Å². The molecule has 4 rings (SSSR count). The molecule has 1 saturated heterocycles. The van der Waals surface area contributed by atoms with Crippen LogP contribution in [0.2, 0.25) is 0 Å². The van der Waals surface area contributed by atoms with E-state index in [2.05, 4.69) is 6.07 Å². The molecule has 2 aliphatic rings. The molecular formula is C24H26N2O3S. The first kappa shape index (κ1) is 20.7. The predicted molar refractivity (Wildman–Crippen MR) is 123 cm³/mol. The molecule has 156 valence electrons. The van der Waals surface area contributed by atoms with Crippen LogP contribution in [0.1, 0.15) is 29.5 Å². The number of amides is 1. The minimum absolute atomic E-state index is 0.106. The lowest BCUT2D eigenvalue weighted by Gasteiger charge is -2.20. The lowest BCUT2D eigenvalue weighted by molar-refractivity contribution is -0.113. The number of benzene rings is 2. The number of amidine groups is 1. The van der Waals surface area contributed by atoms with Crippen LogP contribution >= 0.6 is 11.8 Å². The van der Waals surface area contributed by atoms with E-state index in [1.54, 1.807) is 23.8 Å². The third-order valence-corrected chi connectivity index (χ3v) is 6.21. The van der Waals surface area contributed by atoms with Gasteiger partial charge in [-0.3, -0.25) is 9.69 Å². The molecule has 2 aromatic rings. The summed E-state index contributed by atoms with van der Waals surface area (Å²) in [5, 5.41) is 0.709. The van der Waals surface area contributed by atoms with Crippen LogP contribution in [0, 0.1) is 13.8 Å². The SMILES string of the molecule is COc1ccc(/C=C2/N=C(SCC3CCCO3)N(c3cc(C)cc(C)c3)C2=O)cc1. The quantitative estimate of drug-likeness (QED) is 0.639. The number of thioether (sulfide) groups is 1. The number of hydrogen-bond acceptors (Lipinski definition) is 5. The highest BCUT2D eigenvalue weighted by Crippen LogP contribution is 2.32. The van der Waals surface area contributed by atoms with E-state index >= 15 is 0 Å². The van der Waals surface area contributed by atoms with Gasteiger partial charge in [0.25, 0.3) is 5.91 Å². The van der Waals surface area contributed by atoms with Crippen molar-refractivity contribution in [3.8, 4) is 5.75 Å². The Morgan fingerprint density at radius 3 is 2.57 bits per heavy atom. The van der Waals surface area contributed by atoms with Gasteiger partial charge in [0.05, 0.1) is 18.9 Å². The first-order valence-corrected chi connectivity index (χ1v) is 11.1. The number of methoxy groups -OCH3 is 1. The van der Waals surface area contributed by atoms with E-state index in [0.717, 1.165) is 53.3 Å². The van der Waals surface area contributed by atoms with E-state index in [4.69, 9.17) is 14.5 Å². The number of hydrogen-bond donors (Lipinski definition) is 0. The number of aryl methyl sites for hydroxylation is 2. The predicted octanol–water partition coefficient (Wildman–Crippen LogP) is 4.97. The summed E-state index contributed by atoms with van der Waals surface area (Å²) in [6.45, 7) is 4.91. The van der Waals surface area contributed by atoms with Crippen LogP contribution in [-0.4, -0.2) is 36.6 Å². The van der Waals surface area contributed by atoms with E-state index in [-0.39, 0.29) is 12.0 Å². The third-order valence-electron chi connectivity index (χ3n) is 5.14. The molecule has 5 nitrogen and oxygen atoms in total. The number of rotatable bonds is 5. The number of nitrogens with zero attached hydrogens (tertiary/aromatic N) is 2. The Balaban J connectivity index is 1.65. The van der Waals surface area contributed by atoms with E-state index in [9.17, 15) is 4.79 Å². The second kappa shape index (κ2) is 9.06. The molecule has 0 aromatic heterocycles. The molecule has 2 aromatic carbocycles. The summed E-state index contributed by atoms with van der Waals surface area (Å²) in [5.41, 5.74) is 4.44. The topological polar surface area (TPSA) is 51.1 Å². The highest BCUT2D eigenvalue weighted by Gasteiger charge is 2.33. The maximum atomic E-state index is 13.3. The average molecular weight is 423 g/mol. The fraction of sp³-hybridized carbons (Fsp3) is 0.333. The first-order chi connectivity index (χ1) is 14.5. The van der Waals surface area contributed by atoms with Crippen molar-refractivity contribution in [3.05, 3.63) is 64.9 Å². The van der Waals surface area contributed by atoms with Gasteiger partial charge in [0.1, 0.15) is 11.4 Å². The van der Waals surface area contributed by atoms with Crippen molar-refractivity contribution in [2.24, 2.45) is 4.99 Å². The minimum Gasteiger partial charge on any atom is -0.497 e. The first-order valence-electron chi connectivity index (χ1n) is 10.1. The summed E-state index contributed by atoms with van der Waals surface area (Å²) < 4.78 is 11.0. The molecule has 1 atom stereocenters. The maximum absolute atomic E-state index is 13.3. The zero-order valence-corrected chi connectivity index (χ0v) is 18.4. The molecule has 0 aliphatic carbocycles. The zero-order chi connectivity index (χ0) is 21.1. The van der Waals surface area contributed by atoms with Crippen LogP contribution < -0.4 is 9.64 Å². The smallest absolute Gasteiger partial charge is 0.283 e. The number of ether oxygens (including phenoxy) is 2. The standard InChI is InChI=1S/C24H26N2O3S/c1-16-11-17(2)13-19(12-16)26-23(27)22(14-18-6-8-20(28-3)9-7-18)25-24(26)30-15-21-5-4-10-29-21/h6-9,11-14,21H,4-5,10,15H2,1-3H3/b22-14+. The van der Waals surface area contributed by atoms with Gasteiger partial charge in [0.15, 0.2) is 5.17 Å². The second-order valence-electron chi connectivity index (χ2n) is 7.63. The molecule has 6 heteroatoms. The molecule has 0 radical (unpaired) electrons. The number of aliphatic imine (C=N–C) groups is 1. The minimum atomic E-state index is -0.106. The van der Waals surface area contributed by atoms with E-state index < -0.39 is 0 Å². The zero-order valence-electron chi connectivity index (χ0n) is 17.6. The second-order valence-corrected chi connectivity index (χ2v) is 8.62. The fourth-order valence-electron chi connectivity index (χ4n) is 3.70. The highest BCUT2D eigenvalue weighted by molar-refractivity contribution is 8.14. The molecule has 0 N–H and O–H groups in total. The van der Waals surface area contributed by atoms with Crippen LogP contribution in [-0.2, 0) is 9.53 Å². The van der Waals surface area contributed by atoms with Gasteiger partial charge in [-0.2, -0.15) is 0 Å². The van der Waals surface area contributed by atoms with Crippen molar-refractivity contribution in [3.63, 3.8) is 0 Å². The van der Waals surface area contributed by atoms with Gasteiger partial charge in [0, 0.05) is 12.4 Å². The Kier molecular flexibility index (Phi) is 6.25. The van der Waals surface area contributed by atoms with Crippen molar-refractivity contribution >= 4 is 34.6 Å². The molecule has 2 aliphatic heterocycles. The van der Waals surface area contributed by atoms with Gasteiger partial charge < -0.3 is 9.47 Å². The summed E-state index contributed by atoms with van der Waals surface area (Å²) in [5.74, 6) is 1.47. The molecule has 1 amide bonds. The Hall–Kier alpha value is -2.57. The summed E-state index contributed by atoms with van der Waals surface area (Å²) in [6, 6.07) is 13.8. The van der Waals surface area contributed by atoms with Gasteiger partial charge in [0.2, 0.25) is 0 Å². The van der Waals surface area contributed by atoms with Crippen LogP contribution in [0.5, 0.6) is 5.75 Å². The van der Waals surface area contributed by atoms with Crippen LogP contribution in [0.4, 0.5) is 5.69 Å². The largest absolute Gasteiger partial charge is 0.497 e. The van der Waals surface area contributed by atoms with Gasteiger partial charge in [-0.15, -0.1) is 0 Å².